The van der Waals surface area contributed by atoms with Crippen LogP contribution in [-0.2, 0) is 4.79 Å². The summed E-state index contributed by atoms with van der Waals surface area (Å²) in [5, 5.41) is 8.85. The summed E-state index contributed by atoms with van der Waals surface area (Å²) in [6.45, 7) is 2.81. The molecule has 0 rings (SSSR count). The van der Waals surface area contributed by atoms with Gasteiger partial charge in [0.25, 0.3) is 0 Å². The molecule has 96 valence electrons. The highest BCUT2D eigenvalue weighted by Gasteiger charge is 2.13. The maximum Gasteiger partial charge on any atom is 0.306 e. The van der Waals surface area contributed by atoms with Crippen LogP contribution in [0.3, 0.4) is 0 Å². The fourth-order valence-electron chi connectivity index (χ4n) is 1.71. The monoisotopic (exact) mass is 231 g/mol. The minimum Gasteiger partial charge on any atom is -0.481 e. The molecule has 0 saturated carbocycles. The molecular weight excluding hydrogens is 206 g/mol. The predicted octanol–water partition coefficient (Wildman–Crippen LogP) is 1.41. The van der Waals surface area contributed by atoms with E-state index in [9.17, 15) is 4.79 Å². The highest BCUT2D eigenvalue weighted by atomic mass is 16.4. The van der Waals surface area contributed by atoms with Gasteiger partial charge in [0.15, 0.2) is 0 Å². The fourth-order valence-corrected chi connectivity index (χ4v) is 1.71. The second kappa shape index (κ2) is 10.9. The molecule has 0 saturated heterocycles. The molecule has 0 aliphatic carbocycles. The maximum absolute atomic E-state index is 10.7. The molecule has 0 fully saturated rings. The van der Waals surface area contributed by atoms with Crippen molar-refractivity contribution in [3.05, 3.63) is 0 Å². The number of carboxylic acids is 1. The summed E-state index contributed by atoms with van der Waals surface area (Å²) >= 11 is 0. The minimum absolute atomic E-state index is 0.150. The summed E-state index contributed by atoms with van der Waals surface area (Å²) < 4.78 is 0. The van der Waals surface area contributed by atoms with Crippen LogP contribution < -0.4 is 16.8 Å². The van der Waals surface area contributed by atoms with Crippen molar-refractivity contribution in [2.75, 3.05) is 6.54 Å². The molecule has 0 heterocycles. The van der Waals surface area contributed by atoms with Gasteiger partial charge in [-0.05, 0) is 19.3 Å². The van der Waals surface area contributed by atoms with Gasteiger partial charge in [-0.15, -0.1) is 0 Å². The molecule has 0 aliphatic rings. The van der Waals surface area contributed by atoms with Gasteiger partial charge in [0.2, 0.25) is 0 Å². The molecule has 0 spiro atoms. The van der Waals surface area contributed by atoms with E-state index >= 15 is 0 Å². The molecular formula is C11H25N3O2. The van der Waals surface area contributed by atoms with Crippen LogP contribution in [0.4, 0.5) is 0 Å². The average Bonchev–Trinajstić information content (AvgIpc) is 2.26. The highest BCUT2D eigenvalue weighted by molar-refractivity contribution is 5.69. The summed E-state index contributed by atoms with van der Waals surface area (Å²) in [6.07, 6.45) is 7.13. The van der Waals surface area contributed by atoms with Crippen LogP contribution in [0.25, 0.3) is 0 Å². The van der Waals surface area contributed by atoms with E-state index in [2.05, 4.69) is 11.0 Å². The second-order valence-electron chi connectivity index (χ2n) is 4.07. The first kappa shape index (κ1) is 15.3. The van der Waals surface area contributed by atoms with Gasteiger partial charge >= 0.3 is 5.97 Å². The Balaban J connectivity index is 3.22. The van der Waals surface area contributed by atoms with Crippen molar-refractivity contribution in [3.63, 3.8) is 0 Å². The zero-order valence-corrected chi connectivity index (χ0v) is 10.2. The lowest BCUT2D eigenvalue weighted by Gasteiger charge is -2.08. The zero-order valence-electron chi connectivity index (χ0n) is 10.2. The van der Waals surface area contributed by atoms with E-state index in [0.717, 1.165) is 38.6 Å². The van der Waals surface area contributed by atoms with Crippen molar-refractivity contribution in [1.29, 1.82) is 0 Å². The van der Waals surface area contributed by atoms with E-state index in [4.69, 9.17) is 10.9 Å². The van der Waals surface area contributed by atoms with Gasteiger partial charge in [-0.25, -0.2) is 5.43 Å². The Bertz CT molecular complexity index is 177. The number of carboxylic acid groups (broad SMARTS) is 1. The maximum atomic E-state index is 10.7. The molecule has 0 bridgehead atoms. The molecule has 1 atom stereocenters. The highest BCUT2D eigenvalue weighted by Crippen LogP contribution is 2.14. The number of rotatable bonds is 11. The Kier molecular flexibility index (Phi) is 10.4. The summed E-state index contributed by atoms with van der Waals surface area (Å²) in [6, 6.07) is 0. The lowest BCUT2D eigenvalue weighted by Crippen LogP contribution is -2.38. The molecule has 0 aromatic heterocycles. The van der Waals surface area contributed by atoms with E-state index in [1.54, 1.807) is 0 Å². The average molecular weight is 231 g/mol. The molecule has 5 nitrogen and oxygen atoms in total. The number of nitrogens with one attached hydrogen (secondary N) is 2. The standard InChI is InChI=1S/C11H25N3O2/c1-2-10(11(15)16)8-6-4-3-5-7-9-13-14-12/h10,13-14H,2-9,12H2,1H3,(H,15,16). The lowest BCUT2D eigenvalue weighted by atomic mass is 9.98. The molecule has 0 amide bonds. The lowest BCUT2D eigenvalue weighted by molar-refractivity contribution is -0.142. The van der Waals surface area contributed by atoms with E-state index in [1.807, 2.05) is 6.92 Å². The van der Waals surface area contributed by atoms with E-state index in [-0.39, 0.29) is 5.92 Å². The van der Waals surface area contributed by atoms with Crippen molar-refractivity contribution in [2.24, 2.45) is 11.8 Å². The SMILES string of the molecule is CCC(CCCCCCCNNN)C(=O)O. The third-order valence-corrected chi connectivity index (χ3v) is 2.80. The largest absolute Gasteiger partial charge is 0.481 e. The van der Waals surface area contributed by atoms with Gasteiger partial charge in [-0.3, -0.25) is 10.6 Å². The van der Waals surface area contributed by atoms with Crippen molar-refractivity contribution in [2.45, 2.75) is 51.9 Å². The number of nitrogens with two attached hydrogens (primary N) is 1. The Morgan fingerprint density at radius 3 is 2.44 bits per heavy atom. The topological polar surface area (TPSA) is 87.4 Å². The van der Waals surface area contributed by atoms with Gasteiger partial charge in [0.05, 0.1) is 5.92 Å². The first-order chi connectivity index (χ1) is 7.72. The summed E-state index contributed by atoms with van der Waals surface area (Å²) in [5.41, 5.74) is 5.22. The molecule has 0 aromatic carbocycles. The van der Waals surface area contributed by atoms with E-state index in [0.29, 0.717) is 0 Å². The third kappa shape index (κ3) is 8.64. The van der Waals surface area contributed by atoms with E-state index in [1.165, 1.54) is 12.8 Å². The molecule has 5 heteroatoms. The zero-order chi connectivity index (χ0) is 12.2. The quantitative estimate of drug-likeness (QED) is 0.245. The third-order valence-electron chi connectivity index (χ3n) is 2.80. The van der Waals surface area contributed by atoms with Crippen LogP contribution in [-0.4, -0.2) is 17.6 Å². The summed E-state index contributed by atoms with van der Waals surface area (Å²) in [4.78, 5) is 10.7. The minimum atomic E-state index is -0.652. The Hall–Kier alpha value is -0.650. The van der Waals surface area contributed by atoms with Gasteiger partial charge in [-0.1, -0.05) is 32.6 Å². The number of hydrazine groups is 2. The van der Waals surface area contributed by atoms with Crippen molar-refractivity contribution in [3.8, 4) is 0 Å². The number of hydrogen-bond donors (Lipinski definition) is 4. The van der Waals surface area contributed by atoms with Gasteiger partial charge in [-0.2, -0.15) is 5.53 Å². The van der Waals surface area contributed by atoms with Gasteiger partial charge in [0, 0.05) is 6.54 Å². The van der Waals surface area contributed by atoms with Crippen molar-refractivity contribution >= 4 is 5.97 Å². The number of unbranched alkanes of at least 4 members (excludes halogenated alkanes) is 4. The Morgan fingerprint density at radius 1 is 1.25 bits per heavy atom. The first-order valence-electron chi connectivity index (χ1n) is 6.13. The molecule has 5 N–H and O–H groups in total. The van der Waals surface area contributed by atoms with Crippen LogP contribution >= 0.6 is 0 Å². The number of carbonyl (C=O) groups is 1. The molecule has 16 heavy (non-hydrogen) atoms. The molecule has 0 aliphatic heterocycles. The van der Waals surface area contributed by atoms with Crippen LogP contribution in [0.2, 0.25) is 0 Å². The van der Waals surface area contributed by atoms with Crippen LogP contribution in [0.5, 0.6) is 0 Å². The molecule has 0 radical (unpaired) electrons. The molecule has 0 aromatic rings. The van der Waals surface area contributed by atoms with Crippen LogP contribution in [0.15, 0.2) is 0 Å². The number of aliphatic carboxylic acids is 1. The van der Waals surface area contributed by atoms with Crippen molar-refractivity contribution in [1.82, 2.24) is 11.0 Å². The van der Waals surface area contributed by atoms with Crippen molar-refractivity contribution < 1.29 is 9.90 Å². The normalized spacial score (nSPS) is 12.6. The predicted molar refractivity (Wildman–Crippen MR) is 64.4 cm³/mol. The van der Waals surface area contributed by atoms with E-state index < -0.39 is 5.97 Å². The van der Waals surface area contributed by atoms with Crippen LogP contribution in [0, 0.1) is 5.92 Å². The Morgan fingerprint density at radius 2 is 1.88 bits per heavy atom. The number of hydrogen-bond acceptors (Lipinski definition) is 4. The summed E-state index contributed by atoms with van der Waals surface area (Å²) in [5.74, 6) is 4.25. The second-order valence-corrected chi connectivity index (χ2v) is 4.07. The first-order valence-corrected chi connectivity index (χ1v) is 6.13. The van der Waals surface area contributed by atoms with Gasteiger partial charge in [0.1, 0.15) is 0 Å². The smallest absolute Gasteiger partial charge is 0.306 e. The Labute approximate surface area is 97.7 Å². The fraction of sp³-hybridized carbons (Fsp3) is 0.909. The van der Waals surface area contributed by atoms with Crippen LogP contribution in [0.1, 0.15) is 51.9 Å². The van der Waals surface area contributed by atoms with Gasteiger partial charge < -0.3 is 5.11 Å². The summed E-state index contributed by atoms with van der Waals surface area (Å²) in [7, 11) is 0. The molecule has 1 unspecified atom stereocenters.